The average molecular weight is 332 g/mol. The molecule has 2 heterocycles. The van der Waals surface area contributed by atoms with Gasteiger partial charge in [-0.25, -0.2) is 0 Å². The van der Waals surface area contributed by atoms with Gasteiger partial charge in [-0.05, 0) is 46.0 Å². The van der Waals surface area contributed by atoms with Gasteiger partial charge in [0.15, 0.2) is 0 Å². The zero-order valence-electron chi connectivity index (χ0n) is 14.5. The topological polar surface area (TPSA) is 25.8 Å². The minimum absolute atomic E-state index is 0.967. The molecule has 5 aromatic rings. The molecule has 0 amide bonds. The van der Waals surface area contributed by atoms with E-state index in [4.69, 9.17) is 9.97 Å². The Kier molecular flexibility index (Phi) is 2.63. The molecule has 0 fully saturated rings. The summed E-state index contributed by atoms with van der Waals surface area (Å²) in [6, 6.07) is 21.6. The third-order valence-corrected chi connectivity index (χ3v) is 5.68. The summed E-state index contributed by atoms with van der Waals surface area (Å²) >= 11 is 0. The van der Waals surface area contributed by atoms with Gasteiger partial charge in [0.2, 0.25) is 0 Å². The molecule has 1 aliphatic carbocycles. The molecule has 0 saturated heterocycles. The van der Waals surface area contributed by atoms with E-state index in [1.807, 2.05) is 12.3 Å². The first-order chi connectivity index (χ1) is 12.8. The van der Waals surface area contributed by atoms with Crippen LogP contribution in [-0.2, 0) is 6.42 Å². The molecule has 3 aromatic carbocycles. The second-order valence-electron chi connectivity index (χ2n) is 7.05. The zero-order chi connectivity index (χ0) is 17.3. The molecule has 2 heteroatoms. The van der Waals surface area contributed by atoms with Crippen molar-refractivity contribution >= 4 is 32.6 Å². The number of rotatable bonds is 0. The van der Waals surface area contributed by atoms with E-state index in [0.717, 1.165) is 23.1 Å². The molecule has 0 aliphatic heterocycles. The monoisotopic (exact) mass is 332 g/mol. The highest BCUT2D eigenvalue weighted by Crippen LogP contribution is 2.46. The molecule has 122 valence electrons. The highest BCUT2D eigenvalue weighted by Gasteiger charge is 2.25. The molecule has 2 aromatic heterocycles. The molecule has 0 atom stereocenters. The number of hydrogen-bond donors (Lipinski definition) is 0. The van der Waals surface area contributed by atoms with Crippen LogP contribution in [0.3, 0.4) is 0 Å². The maximum Gasteiger partial charge on any atom is 0.0980 e. The van der Waals surface area contributed by atoms with Crippen molar-refractivity contribution in [2.24, 2.45) is 0 Å². The number of pyridine rings is 2. The van der Waals surface area contributed by atoms with Gasteiger partial charge in [0.05, 0.1) is 11.0 Å². The molecule has 0 spiro atoms. The summed E-state index contributed by atoms with van der Waals surface area (Å²) in [5.74, 6) is 0. The van der Waals surface area contributed by atoms with Gasteiger partial charge < -0.3 is 0 Å². The summed E-state index contributed by atoms with van der Waals surface area (Å²) < 4.78 is 0. The zero-order valence-corrected chi connectivity index (χ0v) is 14.5. The van der Waals surface area contributed by atoms with Gasteiger partial charge in [-0.3, -0.25) is 9.97 Å². The van der Waals surface area contributed by atoms with Crippen molar-refractivity contribution < 1.29 is 0 Å². The van der Waals surface area contributed by atoms with Gasteiger partial charge in [0.1, 0.15) is 0 Å². The minimum atomic E-state index is 0.967. The first kappa shape index (κ1) is 14.0. The normalized spacial score (nSPS) is 12.7. The fourth-order valence-electron chi connectivity index (χ4n) is 4.54. The standard InChI is InChI=1S/C24H16N2/c1-14-20-13-15-7-2-3-8-16(15)21(20)22-18-10-5-4-9-17(18)19-11-6-12-25-23(19)24(22)26-14/h2-12H,13H2,1H3. The fraction of sp³-hybridized carbons (Fsp3) is 0.0833. The van der Waals surface area contributed by atoms with Crippen molar-refractivity contribution in [3.05, 3.63) is 83.7 Å². The fourth-order valence-corrected chi connectivity index (χ4v) is 4.54. The molecule has 0 radical (unpaired) electrons. The lowest BCUT2D eigenvalue weighted by Crippen LogP contribution is -1.96. The lowest BCUT2D eigenvalue weighted by atomic mass is 9.93. The van der Waals surface area contributed by atoms with Gasteiger partial charge in [0.25, 0.3) is 0 Å². The van der Waals surface area contributed by atoms with Crippen LogP contribution in [0, 0.1) is 6.92 Å². The number of aromatic nitrogens is 2. The van der Waals surface area contributed by atoms with Gasteiger partial charge in [0, 0.05) is 29.1 Å². The smallest absolute Gasteiger partial charge is 0.0980 e. The molecule has 0 bridgehead atoms. The van der Waals surface area contributed by atoms with Crippen molar-refractivity contribution in [1.29, 1.82) is 0 Å². The maximum absolute atomic E-state index is 5.05. The number of hydrogen-bond acceptors (Lipinski definition) is 2. The molecule has 0 unspecified atom stereocenters. The third kappa shape index (κ3) is 1.66. The molecule has 0 N–H and O–H groups in total. The summed E-state index contributed by atoms with van der Waals surface area (Å²) in [6.45, 7) is 2.13. The molecular formula is C24H16N2. The van der Waals surface area contributed by atoms with Crippen molar-refractivity contribution in [1.82, 2.24) is 9.97 Å². The summed E-state index contributed by atoms with van der Waals surface area (Å²) in [5.41, 5.74) is 8.59. The highest BCUT2D eigenvalue weighted by atomic mass is 14.8. The molecule has 0 saturated carbocycles. The largest absolute Gasteiger partial charge is 0.254 e. The van der Waals surface area contributed by atoms with Crippen LogP contribution in [0.15, 0.2) is 66.9 Å². The van der Waals surface area contributed by atoms with Crippen molar-refractivity contribution in [3.63, 3.8) is 0 Å². The van der Waals surface area contributed by atoms with Crippen molar-refractivity contribution in [3.8, 4) is 11.1 Å². The Hall–Kier alpha value is -3.26. The Morgan fingerprint density at radius 2 is 1.54 bits per heavy atom. The van der Waals surface area contributed by atoms with Crippen LogP contribution in [-0.4, -0.2) is 9.97 Å². The van der Waals surface area contributed by atoms with Crippen LogP contribution in [0.25, 0.3) is 43.7 Å². The third-order valence-electron chi connectivity index (χ3n) is 5.68. The Balaban J connectivity index is 1.97. The Morgan fingerprint density at radius 1 is 0.769 bits per heavy atom. The predicted molar refractivity (Wildman–Crippen MR) is 108 cm³/mol. The summed E-state index contributed by atoms with van der Waals surface area (Å²) in [4.78, 5) is 9.77. The van der Waals surface area contributed by atoms with Crippen LogP contribution < -0.4 is 0 Å². The van der Waals surface area contributed by atoms with E-state index in [1.54, 1.807) is 0 Å². The van der Waals surface area contributed by atoms with Crippen LogP contribution in [0.4, 0.5) is 0 Å². The van der Waals surface area contributed by atoms with E-state index < -0.39 is 0 Å². The molecule has 2 nitrogen and oxygen atoms in total. The van der Waals surface area contributed by atoms with Crippen molar-refractivity contribution in [2.75, 3.05) is 0 Å². The van der Waals surface area contributed by atoms with Gasteiger partial charge >= 0.3 is 0 Å². The summed E-state index contributed by atoms with van der Waals surface area (Å²) in [6.07, 6.45) is 2.84. The second-order valence-corrected chi connectivity index (χ2v) is 7.05. The number of benzene rings is 3. The van der Waals surface area contributed by atoms with E-state index in [0.29, 0.717) is 0 Å². The maximum atomic E-state index is 5.05. The predicted octanol–water partition coefficient (Wildman–Crippen LogP) is 5.82. The van der Waals surface area contributed by atoms with Gasteiger partial charge in [-0.2, -0.15) is 0 Å². The van der Waals surface area contributed by atoms with E-state index in [1.165, 1.54) is 43.8 Å². The molecular weight excluding hydrogens is 316 g/mol. The summed E-state index contributed by atoms with van der Waals surface area (Å²) in [7, 11) is 0. The Morgan fingerprint density at radius 3 is 2.46 bits per heavy atom. The molecule has 1 aliphatic rings. The Bertz CT molecular complexity index is 1370. The number of nitrogens with zero attached hydrogens (tertiary/aromatic N) is 2. The van der Waals surface area contributed by atoms with Crippen LogP contribution >= 0.6 is 0 Å². The SMILES string of the molecule is Cc1nc2c3ncccc3c3ccccc3c2c2c1Cc1ccccc1-2. The number of aryl methyl sites for hydroxylation is 1. The lowest BCUT2D eigenvalue weighted by Gasteiger charge is -2.14. The van der Waals surface area contributed by atoms with Crippen molar-refractivity contribution in [2.45, 2.75) is 13.3 Å². The average Bonchev–Trinajstić information content (AvgIpc) is 3.09. The quantitative estimate of drug-likeness (QED) is 0.328. The lowest BCUT2D eigenvalue weighted by molar-refractivity contribution is 1.14. The van der Waals surface area contributed by atoms with Gasteiger partial charge in [-0.1, -0.05) is 54.6 Å². The van der Waals surface area contributed by atoms with E-state index in [-0.39, 0.29) is 0 Å². The van der Waals surface area contributed by atoms with Gasteiger partial charge in [-0.15, -0.1) is 0 Å². The minimum Gasteiger partial charge on any atom is -0.254 e. The highest BCUT2D eigenvalue weighted by molar-refractivity contribution is 6.27. The first-order valence-electron chi connectivity index (χ1n) is 9.00. The first-order valence-corrected chi connectivity index (χ1v) is 9.00. The van der Waals surface area contributed by atoms with E-state index >= 15 is 0 Å². The number of fused-ring (bicyclic) bond motifs is 10. The molecule has 6 rings (SSSR count). The van der Waals surface area contributed by atoms with Crippen LogP contribution in [0.1, 0.15) is 16.8 Å². The van der Waals surface area contributed by atoms with Crippen LogP contribution in [0.5, 0.6) is 0 Å². The Labute approximate surface area is 151 Å². The second kappa shape index (κ2) is 4.89. The van der Waals surface area contributed by atoms with E-state index in [2.05, 4.69) is 61.5 Å². The molecule has 26 heavy (non-hydrogen) atoms. The van der Waals surface area contributed by atoms with Crippen LogP contribution in [0.2, 0.25) is 0 Å². The van der Waals surface area contributed by atoms with E-state index in [9.17, 15) is 0 Å². The summed E-state index contributed by atoms with van der Waals surface area (Å²) in [5, 5.41) is 4.94.